The molecule has 3 heteroatoms. The Morgan fingerprint density at radius 2 is 1.76 bits per heavy atom. The average molecular weight is 235 g/mol. The molecule has 0 spiro atoms. The van der Waals surface area contributed by atoms with Crippen LogP contribution in [0.25, 0.3) is 0 Å². The summed E-state index contributed by atoms with van der Waals surface area (Å²) in [6, 6.07) is 0. The molecule has 0 radical (unpaired) electrons. The molecule has 0 amide bonds. The second kappa shape index (κ2) is 3.50. The number of anilines is 1. The van der Waals surface area contributed by atoms with Crippen molar-refractivity contribution in [2.45, 2.75) is 53.4 Å². The van der Waals surface area contributed by atoms with E-state index in [2.05, 4.69) is 39.7 Å². The maximum Gasteiger partial charge on any atom is 0.124 e. The minimum Gasteiger partial charge on any atom is -0.384 e. The Bertz CT molecular complexity index is 427. The highest BCUT2D eigenvalue weighted by Crippen LogP contribution is 2.73. The Morgan fingerprint density at radius 1 is 1.24 bits per heavy atom. The van der Waals surface area contributed by atoms with Crippen molar-refractivity contribution in [2.75, 3.05) is 5.73 Å². The van der Waals surface area contributed by atoms with Crippen LogP contribution < -0.4 is 5.73 Å². The first kappa shape index (κ1) is 12.5. The van der Waals surface area contributed by atoms with Crippen LogP contribution in [0.4, 0.5) is 5.82 Å². The van der Waals surface area contributed by atoms with Crippen LogP contribution in [-0.4, -0.2) is 9.78 Å². The first-order valence-corrected chi connectivity index (χ1v) is 6.56. The van der Waals surface area contributed by atoms with Gasteiger partial charge in [0.05, 0.1) is 5.69 Å². The monoisotopic (exact) mass is 235 g/mol. The van der Waals surface area contributed by atoms with E-state index >= 15 is 0 Å². The maximum atomic E-state index is 6.13. The molecule has 1 fully saturated rings. The van der Waals surface area contributed by atoms with E-state index in [1.54, 1.807) is 0 Å². The van der Waals surface area contributed by atoms with Gasteiger partial charge in [-0.2, -0.15) is 5.10 Å². The molecule has 0 aromatic carbocycles. The minimum absolute atomic E-state index is 0.330. The number of hydrogen-bond donors (Lipinski definition) is 1. The number of nitrogens with zero attached hydrogens (tertiary/aromatic N) is 2. The molecular formula is C14H25N3. The number of aryl methyl sites for hydroxylation is 1. The Balaban J connectivity index is 2.44. The molecule has 1 aliphatic carbocycles. The number of aromatic nitrogens is 2. The number of hydrogen-bond acceptors (Lipinski definition) is 2. The van der Waals surface area contributed by atoms with Crippen molar-refractivity contribution in [3.8, 4) is 0 Å². The van der Waals surface area contributed by atoms with Crippen LogP contribution >= 0.6 is 0 Å². The summed E-state index contributed by atoms with van der Waals surface area (Å²) in [6.07, 6.45) is 2.16. The van der Waals surface area contributed by atoms with Gasteiger partial charge in [-0.3, -0.25) is 4.68 Å². The summed E-state index contributed by atoms with van der Waals surface area (Å²) in [6.45, 7) is 11.5. The summed E-state index contributed by atoms with van der Waals surface area (Å²) in [5, 5.41) is 4.67. The molecule has 1 aromatic rings. The van der Waals surface area contributed by atoms with Gasteiger partial charge in [0, 0.05) is 18.5 Å². The standard InChI is InChI=1S/C14H25N3/c1-7-8-9-10(16-17(6)12(9)15)11-13(2,3)14(11,4)5/h11H,7-8,15H2,1-6H3. The third kappa shape index (κ3) is 1.51. The molecule has 2 rings (SSSR count). The molecule has 1 saturated carbocycles. The van der Waals surface area contributed by atoms with Crippen molar-refractivity contribution >= 4 is 5.82 Å². The van der Waals surface area contributed by atoms with E-state index in [0.717, 1.165) is 18.7 Å². The summed E-state index contributed by atoms with van der Waals surface area (Å²) in [5.41, 5.74) is 9.31. The van der Waals surface area contributed by atoms with Gasteiger partial charge in [0.1, 0.15) is 5.82 Å². The predicted molar refractivity (Wildman–Crippen MR) is 71.9 cm³/mol. The molecule has 0 saturated heterocycles. The first-order valence-electron chi connectivity index (χ1n) is 6.56. The fourth-order valence-electron chi connectivity index (χ4n) is 3.22. The average Bonchev–Trinajstić information content (AvgIpc) is 2.47. The fourth-order valence-corrected chi connectivity index (χ4v) is 3.22. The molecule has 17 heavy (non-hydrogen) atoms. The van der Waals surface area contributed by atoms with Gasteiger partial charge in [0.2, 0.25) is 0 Å². The molecule has 0 unspecified atom stereocenters. The maximum absolute atomic E-state index is 6.13. The second-order valence-electron chi connectivity index (χ2n) is 6.50. The Kier molecular flexibility index (Phi) is 2.57. The van der Waals surface area contributed by atoms with Gasteiger partial charge < -0.3 is 5.73 Å². The molecule has 96 valence electrons. The van der Waals surface area contributed by atoms with Crippen molar-refractivity contribution in [1.82, 2.24) is 9.78 Å². The fraction of sp³-hybridized carbons (Fsp3) is 0.786. The Hall–Kier alpha value is -0.990. The highest BCUT2D eigenvalue weighted by molar-refractivity contribution is 5.48. The molecule has 0 bridgehead atoms. The van der Waals surface area contributed by atoms with E-state index in [1.807, 2.05) is 11.7 Å². The summed E-state index contributed by atoms with van der Waals surface area (Å²) in [7, 11) is 1.94. The quantitative estimate of drug-likeness (QED) is 0.875. The molecular weight excluding hydrogens is 210 g/mol. The van der Waals surface area contributed by atoms with Gasteiger partial charge in [0.25, 0.3) is 0 Å². The van der Waals surface area contributed by atoms with Crippen molar-refractivity contribution in [3.05, 3.63) is 11.3 Å². The zero-order chi connectivity index (χ0) is 13.0. The normalized spacial score (nSPS) is 21.8. The van der Waals surface area contributed by atoms with Gasteiger partial charge >= 0.3 is 0 Å². The highest BCUT2D eigenvalue weighted by atomic mass is 15.3. The van der Waals surface area contributed by atoms with Gasteiger partial charge in [-0.15, -0.1) is 0 Å². The van der Waals surface area contributed by atoms with Gasteiger partial charge in [-0.1, -0.05) is 41.0 Å². The number of nitrogen functional groups attached to an aromatic ring is 1. The van der Waals surface area contributed by atoms with E-state index in [-0.39, 0.29) is 0 Å². The Morgan fingerprint density at radius 3 is 2.18 bits per heavy atom. The topological polar surface area (TPSA) is 43.8 Å². The molecule has 2 N–H and O–H groups in total. The van der Waals surface area contributed by atoms with Crippen LogP contribution in [0.1, 0.15) is 58.2 Å². The summed E-state index contributed by atoms with van der Waals surface area (Å²) in [5.74, 6) is 1.39. The minimum atomic E-state index is 0.330. The molecule has 0 atom stereocenters. The van der Waals surface area contributed by atoms with Gasteiger partial charge in [0.15, 0.2) is 0 Å². The lowest BCUT2D eigenvalue weighted by molar-refractivity contribution is 0.457. The van der Waals surface area contributed by atoms with E-state index in [9.17, 15) is 0 Å². The van der Waals surface area contributed by atoms with Crippen molar-refractivity contribution in [3.63, 3.8) is 0 Å². The molecule has 1 aliphatic rings. The van der Waals surface area contributed by atoms with E-state index in [0.29, 0.717) is 16.7 Å². The summed E-state index contributed by atoms with van der Waals surface area (Å²) < 4.78 is 1.84. The summed E-state index contributed by atoms with van der Waals surface area (Å²) >= 11 is 0. The zero-order valence-corrected chi connectivity index (χ0v) is 12.0. The van der Waals surface area contributed by atoms with E-state index in [1.165, 1.54) is 11.3 Å². The Labute approximate surface area is 104 Å². The van der Waals surface area contributed by atoms with Crippen LogP contribution in [0.2, 0.25) is 0 Å². The van der Waals surface area contributed by atoms with Crippen LogP contribution in [0, 0.1) is 10.8 Å². The van der Waals surface area contributed by atoms with Crippen LogP contribution in [0.5, 0.6) is 0 Å². The lowest BCUT2D eigenvalue weighted by Gasteiger charge is -2.03. The first-order chi connectivity index (χ1) is 7.75. The van der Waals surface area contributed by atoms with Crippen molar-refractivity contribution < 1.29 is 0 Å². The zero-order valence-electron chi connectivity index (χ0n) is 12.0. The second-order valence-corrected chi connectivity index (χ2v) is 6.50. The summed E-state index contributed by atoms with van der Waals surface area (Å²) in [4.78, 5) is 0. The number of nitrogens with two attached hydrogens (primary N) is 1. The predicted octanol–water partition coefficient (Wildman–Crippen LogP) is 3.10. The number of rotatable bonds is 3. The third-order valence-electron chi connectivity index (χ3n) is 5.02. The van der Waals surface area contributed by atoms with Gasteiger partial charge in [-0.05, 0) is 17.3 Å². The smallest absolute Gasteiger partial charge is 0.124 e. The van der Waals surface area contributed by atoms with Crippen LogP contribution in [0.15, 0.2) is 0 Å². The molecule has 3 nitrogen and oxygen atoms in total. The molecule has 1 heterocycles. The lowest BCUT2D eigenvalue weighted by atomic mass is 10.0. The highest BCUT2D eigenvalue weighted by Gasteiger charge is 2.66. The van der Waals surface area contributed by atoms with Gasteiger partial charge in [-0.25, -0.2) is 0 Å². The van der Waals surface area contributed by atoms with Crippen LogP contribution in [0.3, 0.4) is 0 Å². The lowest BCUT2D eigenvalue weighted by Crippen LogP contribution is -1.99. The van der Waals surface area contributed by atoms with Crippen molar-refractivity contribution in [2.24, 2.45) is 17.9 Å². The van der Waals surface area contributed by atoms with Crippen LogP contribution in [-0.2, 0) is 13.5 Å². The SMILES string of the molecule is CCCc1c(C2C(C)(C)C2(C)C)nn(C)c1N. The molecule has 1 aromatic heterocycles. The van der Waals surface area contributed by atoms with E-state index < -0.39 is 0 Å². The van der Waals surface area contributed by atoms with Crippen molar-refractivity contribution in [1.29, 1.82) is 0 Å². The third-order valence-corrected chi connectivity index (χ3v) is 5.02. The van der Waals surface area contributed by atoms with E-state index in [4.69, 9.17) is 5.73 Å². The molecule has 0 aliphatic heterocycles. The largest absolute Gasteiger partial charge is 0.384 e.